The fraction of sp³-hybridized carbons (Fsp3) is 0.350. The average Bonchev–Trinajstić information content (AvgIpc) is 3.04. The predicted molar refractivity (Wildman–Crippen MR) is 106 cm³/mol. The zero-order valence-electron chi connectivity index (χ0n) is 16.4. The Morgan fingerprint density at radius 1 is 1.22 bits per heavy atom. The van der Waals surface area contributed by atoms with Crippen molar-refractivity contribution in [1.29, 1.82) is 0 Å². The molecule has 0 atom stereocenters. The highest BCUT2D eigenvalue weighted by molar-refractivity contribution is 6.01. The second-order valence-corrected chi connectivity index (χ2v) is 7.39. The maximum Gasteiger partial charge on any atom is 0.313 e. The van der Waals surface area contributed by atoms with Gasteiger partial charge in [0, 0.05) is 25.9 Å². The lowest BCUT2D eigenvalue weighted by atomic mass is 9.98. The normalized spacial score (nSPS) is 11.4. The fourth-order valence-corrected chi connectivity index (χ4v) is 2.08. The Kier molecular flexibility index (Phi) is 6.39. The number of hydrogen-bond donors (Lipinski definition) is 1. The fourth-order valence-electron chi connectivity index (χ4n) is 2.08. The molecule has 0 bridgehead atoms. The van der Waals surface area contributed by atoms with Gasteiger partial charge in [-0.3, -0.25) is 9.59 Å². The molecule has 0 aliphatic rings. The molecular weight excluding hydrogens is 344 g/mol. The van der Waals surface area contributed by atoms with E-state index in [0.29, 0.717) is 5.69 Å². The van der Waals surface area contributed by atoms with E-state index in [4.69, 9.17) is 4.74 Å². The summed E-state index contributed by atoms with van der Waals surface area (Å²) < 4.78 is 6.62. The average molecular weight is 370 g/mol. The smallest absolute Gasteiger partial charge is 0.313 e. The first-order valence-electron chi connectivity index (χ1n) is 8.61. The number of benzene rings is 1. The van der Waals surface area contributed by atoms with Crippen LogP contribution in [-0.2, 0) is 21.1 Å². The van der Waals surface area contributed by atoms with Gasteiger partial charge in [-0.05, 0) is 44.5 Å². The molecule has 1 N–H and O–H groups in total. The van der Waals surface area contributed by atoms with Crippen molar-refractivity contribution in [3.05, 3.63) is 48.3 Å². The van der Waals surface area contributed by atoms with Crippen LogP contribution in [0.1, 0.15) is 26.3 Å². The van der Waals surface area contributed by atoms with E-state index in [1.165, 1.54) is 17.0 Å². The number of nitrogens with zero attached hydrogens (tertiary/aromatic N) is 3. The highest BCUT2D eigenvalue weighted by atomic mass is 16.5. The molecule has 0 aliphatic heterocycles. The lowest BCUT2D eigenvalue weighted by molar-refractivity contribution is -0.157. The molecule has 7 heteroatoms. The second-order valence-electron chi connectivity index (χ2n) is 7.39. The number of aromatic nitrogens is 2. The topological polar surface area (TPSA) is 76.5 Å². The lowest BCUT2D eigenvalue weighted by Crippen LogP contribution is -2.24. The van der Waals surface area contributed by atoms with E-state index in [0.717, 1.165) is 11.3 Å². The van der Waals surface area contributed by atoms with Crippen molar-refractivity contribution in [3.63, 3.8) is 0 Å². The number of carbonyl (C=O) groups is 2. The molecule has 7 nitrogen and oxygen atoms in total. The number of nitrogens with one attached hydrogen (secondary N) is 1. The molecule has 1 aromatic carbocycles. The summed E-state index contributed by atoms with van der Waals surface area (Å²) >= 11 is 0. The molecule has 1 heterocycles. The van der Waals surface area contributed by atoms with Crippen LogP contribution in [0, 0.1) is 5.41 Å². The van der Waals surface area contributed by atoms with Crippen LogP contribution in [0.3, 0.4) is 0 Å². The van der Waals surface area contributed by atoms with Crippen molar-refractivity contribution in [3.8, 4) is 0 Å². The number of hydrogen-bond acceptors (Lipinski definition) is 5. The van der Waals surface area contributed by atoms with E-state index in [2.05, 4.69) is 10.4 Å². The molecule has 0 saturated heterocycles. The largest absolute Gasteiger partial charge is 0.442 e. The van der Waals surface area contributed by atoms with E-state index in [1.807, 2.05) is 43.3 Å². The van der Waals surface area contributed by atoms with E-state index in [9.17, 15) is 9.59 Å². The SMILES string of the molecule is CN(C)c1ccc(C=CC(=O)Nc2cnn(COC(=O)C(C)(C)C)c2)cc1. The van der Waals surface area contributed by atoms with E-state index < -0.39 is 5.41 Å². The summed E-state index contributed by atoms with van der Waals surface area (Å²) in [6.07, 6.45) is 6.31. The Hall–Kier alpha value is -3.09. The predicted octanol–water partition coefficient (Wildman–Crippen LogP) is 3.15. The molecular formula is C20H26N4O3. The Morgan fingerprint density at radius 2 is 1.89 bits per heavy atom. The number of rotatable bonds is 6. The van der Waals surface area contributed by atoms with Crippen molar-refractivity contribution in [2.45, 2.75) is 27.5 Å². The first-order valence-corrected chi connectivity index (χ1v) is 8.61. The first-order chi connectivity index (χ1) is 12.6. The van der Waals surface area contributed by atoms with E-state index in [1.54, 1.807) is 33.0 Å². The lowest BCUT2D eigenvalue weighted by Gasteiger charge is -2.16. The maximum atomic E-state index is 12.0. The number of ether oxygens (including phenoxy) is 1. The number of esters is 1. The molecule has 0 fully saturated rings. The van der Waals surface area contributed by atoms with Crippen molar-refractivity contribution < 1.29 is 14.3 Å². The van der Waals surface area contributed by atoms with Gasteiger partial charge in [0.2, 0.25) is 5.91 Å². The van der Waals surface area contributed by atoms with Gasteiger partial charge in [0.25, 0.3) is 0 Å². The number of amides is 1. The minimum Gasteiger partial charge on any atom is -0.442 e. The summed E-state index contributed by atoms with van der Waals surface area (Å²) in [7, 11) is 3.95. The molecule has 27 heavy (non-hydrogen) atoms. The maximum absolute atomic E-state index is 12.0. The monoisotopic (exact) mass is 370 g/mol. The van der Waals surface area contributed by atoms with E-state index in [-0.39, 0.29) is 18.6 Å². The zero-order valence-corrected chi connectivity index (χ0v) is 16.4. The highest BCUT2D eigenvalue weighted by Gasteiger charge is 2.23. The molecule has 1 aromatic heterocycles. The molecule has 0 aliphatic carbocycles. The van der Waals surface area contributed by atoms with Gasteiger partial charge in [-0.1, -0.05) is 12.1 Å². The molecule has 0 radical (unpaired) electrons. The van der Waals surface area contributed by atoms with Crippen molar-refractivity contribution in [2.24, 2.45) is 5.41 Å². The van der Waals surface area contributed by atoms with Crippen molar-refractivity contribution in [1.82, 2.24) is 9.78 Å². The van der Waals surface area contributed by atoms with Gasteiger partial charge < -0.3 is 15.0 Å². The van der Waals surface area contributed by atoms with Crippen LogP contribution in [0.15, 0.2) is 42.7 Å². The van der Waals surface area contributed by atoms with Crippen LogP contribution in [0.2, 0.25) is 0 Å². The summed E-state index contributed by atoms with van der Waals surface area (Å²) in [5.41, 5.74) is 1.98. The van der Waals surface area contributed by atoms with Crippen LogP contribution in [0.4, 0.5) is 11.4 Å². The van der Waals surface area contributed by atoms with Gasteiger partial charge in [-0.2, -0.15) is 5.10 Å². The van der Waals surface area contributed by atoms with Crippen LogP contribution in [0.5, 0.6) is 0 Å². The standard InChI is InChI=1S/C20H26N4O3/c1-20(2,3)19(26)27-14-24-13-16(12-21-24)22-18(25)11-8-15-6-9-17(10-7-15)23(4)5/h6-13H,14H2,1-5H3,(H,22,25). The van der Waals surface area contributed by atoms with Gasteiger partial charge in [-0.15, -0.1) is 0 Å². The number of carbonyl (C=O) groups excluding carboxylic acids is 2. The zero-order chi connectivity index (χ0) is 20.0. The van der Waals surface area contributed by atoms with Gasteiger partial charge >= 0.3 is 5.97 Å². The Labute approximate surface area is 159 Å². The summed E-state index contributed by atoms with van der Waals surface area (Å²) in [6, 6.07) is 7.86. The molecule has 2 rings (SSSR count). The second kappa shape index (κ2) is 8.53. The van der Waals surface area contributed by atoms with Gasteiger partial charge in [-0.25, -0.2) is 4.68 Å². The van der Waals surface area contributed by atoms with Gasteiger partial charge in [0.1, 0.15) is 0 Å². The number of anilines is 2. The summed E-state index contributed by atoms with van der Waals surface area (Å²) in [4.78, 5) is 25.8. The van der Waals surface area contributed by atoms with Crippen LogP contribution < -0.4 is 10.2 Å². The molecule has 144 valence electrons. The third-order valence-electron chi connectivity index (χ3n) is 3.68. The van der Waals surface area contributed by atoms with Crippen LogP contribution in [-0.4, -0.2) is 35.8 Å². The van der Waals surface area contributed by atoms with E-state index >= 15 is 0 Å². The minimum absolute atomic E-state index is 0.0000364. The van der Waals surface area contributed by atoms with Gasteiger partial charge in [0.05, 0.1) is 23.5 Å². The Morgan fingerprint density at radius 3 is 2.48 bits per heavy atom. The van der Waals surface area contributed by atoms with Crippen LogP contribution in [0.25, 0.3) is 6.08 Å². The van der Waals surface area contributed by atoms with Crippen molar-refractivity contribution in [2.75, 3.05) is 24.3 Å². The Bertz CT molecular complexity index is 814. The summed E-state index contributed by atoms with van der Waals surface area (Å²) in [6.45, 7) is 5.35. The Balaban J connectivity index is 1.87. The van der Waals surface area contributed by atoms with Crippen molar-refractivity contribution >= 4 is 29.3 Å². The van der Waals surface area contributed by atoms with Gasteiger partial charge in [0.15, 0.2) is 6.73 Å². The quantitative estimate of drug-likeness (QED) is 0.624. The summed E-state index contributed by atoms with van der Waals surface area (Å²) in [5, 5.41) is 6.79. The summed E-state index contributed by atoms with van der Waals surface area (Å²) in [5.74, 6) is -0.579. The highest BCUT2D eigenvalue weighted by Crippen LogP contribution is 2.16. The third kappa shape index (κ3) is 6.29. The minimum atomic E-state index is -0.570. The third-order valence-corrected chi connectivity index (χ3v) is 3.68. The molecule has 2 aromatic rings. The molecule has 0 saturated carbocycles. The molecule has 0 unspecified atom stereocenters. The first kappa shape index (κ1) is 20.2. The molecule has 0 spiro atoms. The molecule has 1 amide bonds. The van der Waals surface area contributed by atoms with Crippen LogP contribution >= 0.6 is 0 Å².